The Balaban J connectivity index is 2.70. The zero-order valence-electron chi connectivity index (χ0n) is 11.1. The number of halogens is 5. The van der Waals surface area contributed by atoms with Crippen LogP contribution in [0.25, 0.3) is 10.9 Å². The lowest BCUT2D eigenvalue weighted by Crippen LogP contribution is -2.44. The van der Waals surface area contributed by atoms with Crippen molar-refractivity contribution in [2.75, 3.05) is 0 Å². The first-order valence-corrected chi connectivity index (χ1v) is 5.92. The maximum atomic E-state index is 13.3. The van der Waals surface area contributed by atoms with Crippen LogP contribution in [0.3, 0.4) is 0 Å². The second-order valence-electron chi connectivity index (χ2n) is 4.62. The van der Waals surface area contributed by atoms with E-state index in [0.717, 1.165) is 0 Å². The van der Waals surface area contributed by atoms with Crippen molar-refractivity contribution in [3.63, 3.8) is 0 Å². The monoisotopic (exact) mass is 303 g/mol. The van der Waals surface area contributed by atoms with Gasteiger partial charge >= 0.3 is 12.1 Å². The molecule has 2 rings (SSSR count). The smallest absolute Gasteiger partial charge is 0.287 e. The first-order valence-electron chi connectivity index (χ1n) is 5.92. The Kier molecular flexibility index (Phi) is 3.47. The molecule has 1 aromatic carbocycles. The van der Waals surface area contributed by atoms with E-state index in [1.807, 2.05) is 0 Å². The Bertz CT molecular complexity index is 721. The Morgan fingerprint density at radius 2 is 1.62 bits per heavy atom. The predicted octanol–water partition coefficient (Wildman–Crippen LogP) is 4.23. The van der Waals surface area contributed by atoms with E-state index in [-0.39, 0.29) is 11.3 Å². The van der Waals surface area contributed by atoms with Crippen LogP contribution >= 0.6 is 0 Å². The molecule has 0 amide bonds. The number of benzene rings is 1. The van der Waals surface area contributed by atoms with Gasteiger partial charge in [0, 0.05) is 16.6 Å². The van der Waals surface area contributed by atoms with Gasteiger partial charge in [-0.3, -0.25) is 9.78 Å². The maximum Gasteiger partial charge on any atom is 0.461 e. The average molecular weight is 303 g/mol. The van der Waals surface area contributed by atoms with Gasteiger partial charge in [-0.1, -0.05) is 18.2 Å². The van der Waals surface area contributed by atoms with Gasteiger partial charge in [0.25, 0.3) is 0 Å². The molecule has 1 heterocycles. The van der Waals surface area contributed by atoms with Crippen LogP contribution in [0.15, 0.2) is 24.3 Å². The summed E-state index contributed by atoms with van der Waals surface area (Å²) in [5.41, 5.74) is -0.345. The van der Waals surface area contributed by atoms with E-state index in [1.165, 1.54) is 19.9 Å². The highest BCUT2D eigenvalue weighted by molar-refractivity contribution is 6.06. The number of carbonyl (C=O) groups excluding carboxylic acids is 1. The summed E-state index contributed by atoms with van der Waals surface area (Å²) >= 11 is 0. The number of hydrogen-bond acceptors (Lipinski definition) is 2. The number of ketones is 1. The molecule has 0 aliphatic carbocycles. The fraction of sp³-hybridized carbons (Fsp3) is 0.286. The van der Waals surface area contributed by atoms with Gasteiger partial charge in [-0.25, -0.2) is 0 Å². The topological polar surface area (TPSA) is 30.0 Å². The van der Waals surface area contributed by atoms with Crippen molar-refractivity contribution in [3.8, 4) is 0 Å². The second kappa shape index (κ2) is 4.75. The minimum Gasteiger partial charge on any atom is -0.287 e. The van der Waals surface area contributed by atoms with Crippen LogP contribution in [0.4, 0.5) is 22.0 Å². The summed E-state index contributed by atoms with van der Waals surface area (Å²) in [6.07, 6.45) is -5.94. The predicted molar refractivity (Wildman–Crippen MR) is 66.5 cm³/mol. The van der Waals surface area contributed by atoms with Gasteiger partial charge in [0.1, 0.15) is 0 Å². The fourth-order valence-corrected chi connectivity index (χ4v) is 2.15. The number of hydrogen-bond donors (Lipinski definition) is 0. The molecule has 21 heavy (non-hydrogen) atoms. The van der Waals surface area contributed by atoms with E-state index >= 15 is 0 Å². The fourth-order valence-electron chi connectivity index (χ4n) is 2.15. The SMILES string of the molecule is Cc1nc2ccccc2c(C)c1C(=O)C(F)(F)C(F)(F)F. The Morgan fingerprint density at radius 1 is 1.05 bits per heavy atom. The number of aryl methyl sites for hydroxylation is 2. The third-order valence-electron chi connectivity index (χ3n) is 3.20. The van der Waals surface area contributed by atoms with Gasteiger partial charge in [-0.2, -0.15) is 22.0 Å². The van der Waals surface area contributed by atoms with Crippen molar-refractivity contribution < 1.29 is 26.7 Å². The van der Waals surface area contributed by atoms with E-state index in [9.17, 15) is 26.7 Å². The van der Waals surface area contributed by atoms with Crippen LogP contribution in [-0.4, -0.2) is 22.9 Å². The minimum absolute atomic E-state index is 0.0621. The summed E-state index contributed by atoms with van der Waals surface area (Å²) in [5, 5.41) is 0.365. The molecule has 1 aromatic heterocycles. The maximum absolute atomic E-state index is 13.3. The third-order valence-corrected chi connectivity index (χ3v) is 3.20. The van der Waals surface area contributed by atoms with E-state index < -0.39 is 23.4 Å². The molecule has 2 aromatic rings. The van der Waals surface area contributed by atoms with Crippen molar-refractivity contribution in [1.82, 2.24) is 4.98 Å². The number of carbonyl (C=O) groups is 1. The summed E-state index contributed by atoms with van der Waals surface area (Å²) in [5.74, 6) is -7.71. The molecule has 0 bridgehead atoms. The first-order chi connectivity index (χ1) is 9.57. The number of fused-ring (bicyclic) bond motifs is 1. The molecule has 0 unspecified atom stereocenters. The van der Waals surface area contributed by atoms with Crippen LogP contribution in [0.1, 0.15) is 21.6 Å². The van der Waals surface area contributed by atoms with Crippen molar-refractivity contribution in [2.45, 2.75) is 25.9 Å². The molecule has 112 valence electrons. The quantitative estimate of drug-likeness (QED) is 0.614. The molecule has 0 N–H and O–H groups in total. The highest BCUT2D eigenvalue weighted by Gasteiger charge is 2.63. The van der Waals surface area contributed by atoms with Crippen LogP contribution < -0.4 is 0 Å². The van der Waals surface area contributed by atoms with Gasteiger partial charge in [-0.05, 0) is 25.5 Å². The number of para-hydroxylation sites is 1. The van der Waals surface area contributed by atoms with Crippen molar-refractivity contribution in [3.05, 3.63) is 41.1 Å². The van der Waals surface area contributed by atoms with Crippen molar-refractivity contribution in [1.29, 1.82) is 0 Å². The average Bonchev–Trinajstić information content (AvgIpc) is 2.37. The lowest BCUT2D eigenvalue weighted by atomic mass is 9.95. The number of Topliss-reactive ketones (excluding diaryl/α,β-unsaturated/α-hetero) is 1. The Hall–Kier alpha value is -2.05. The molecule has 0 aliphatic rings. The van der Waals surface area contributed by atoms with Crippen LogP contribution in [0.2, 0.25) is 0 Å². The summed E-state index contributed by atoms with van der Waals surface area (Å²) in [4.78, 5) is 15.6. The van der Waals surface area contributed by atoms with Crippen molar-refractivity contribution in [2.24, 2.45) is 0 Å². The molecule has 0 fully saturated rings. The molecule has 0 spiro atoms. The van der Waals surface area contributed by atoms with Crippen LogP contribution in [-0.2, 0) is 0 Å². The Morgan fingerprint density at radius 3 is 2.19 bits per heavy atom. The minimum atomic E-state index is -5.94. The van der Waals surface area contributed by atoms with E-state index in [4.69, 9.17) is 0 Å². The van der Waals surface area contributed by atoms with Gasteiger partial charge < -0.3 is 0 Å². The zero-order chi connectivity index (χ0) is 16.0. The summed E-state index contributed by atoms with van der Waals surface area (Å²) in [6.45, 7) is 2.57. The van der Waals surface area contributed by atoms with Crippen LogP contribution in [0, 0.1) is 13.8 Å². The number of nitrogens with zero attached hydrogens (tertiary/aromatic N) is 1. The standard InChI is InChI=1S/C14H10F5NO/c1-7-9-5-3-4-6-10(9)20-8(2)11(7)12(21)13(15,16)14(17,18)19/h3-6H,1-2H3. The Labute approximate surface area is 116 Å². The highest BCUT2D eigenvalue weighted by Crippen LogP contribution is 2.39. The number of rotatable bonds is 2. The van der Waals surface area contributed by atoms with Crippen molar-refractivity contribution >= 4 is 16.7 Å². The molecule has 0 saturated carbocycles. The molecule has 0 aliphatic heterocycles. The van der Waals surface area contributed by atoms with Gasteiger partial charge in [0.15, 0.2) is 0 Å². The van der Waals surface area contributed by atoms with E-state index in [0.29, 0.717) is 10.9 Å². The number of pyridine rings is 1. The molecular formula is C14H10F5NO. The summed E-state index contributed by atoms with van der Waals surface area (Å²) in [7, 11) is 0. The van der Waals surface area contributed by atoms with E-state index in [1.54, 1.807) is 18.2 Å². The number of aromatic nitrogens is 1. The first kappa shape index (κ1) is 15.3. The zero-order valence-corrected chi connectivity index (χ0v) is 11.1. The molecular weight excluding hydrogens is 293 g/mol. The molecule has 0 radical (unpaired) electrons. The second-order valence-corrected chi connectivity index (χ2v) is 4.62. The molecule has 0 saturated heterocycles. The van der Waals surface area contributed by atoms with Gasteiger partial charge in [0.2, 0.25) is 5.78 Å². The molecule has 2 nitrogen and oxygen atoms in total. The van der Waals surface area contributed by atoms with Gasteiger partial charge in [-0.15, -0.1) is 0 Å². The van der Waals surface area contributed by atoms with Gasteiger partial charge in [0.05, 0.1) is 5.52 Å². The highest BCUT2D eigenvalue weighted by atomic mass is 19.4. The molecule has 0 atom stereocenters. The lowest BCUT2D eigenvalue weighted by molar-refractivity contribution is -0.255. The normalized spacial score (nSPS) is 12.7. The van der Waals surface area contributed by atoms with E-state index in [2.05, 4.69) is 4.98 Å². The lowest BCUT2D eigenvalue weighted by Gasteiger charge is -2.20. The van der Waals surface area contributed by atoms with Crippen LogP contribution in [0.5, 0.6) is 0 Å². The summed E-state index contributed by atoms with van der Waals surface area (Å²) < 4.78 is 63.6. The number of alkyl halides is 5. The summed E-state index contributed by atoms with van der Waals surface area (Å²) in [6, 6.07) is 6.34. The third kappa shape index (κ3) is 2.36. The molecule has 7 heteroatoms. The largest absolute Gasteiger partial charge is 0.461 e.